The highest BCUT2D eigenvalue weighted by Gasteiger charge is 2.33. The van der Waals surface area contributed by atoms with Gasteiger partial charge in [-0.25, -0.2) is 4.39 Å². The topological polar surface area (TPSA) is 26.0 Å². The summed E-state index contributed by atoms with van der Waals surface area (Å²) in [6.45, 7) is 1.27. The van der Waals surface area contributed by atoms with Crippen LogP contribution < -0.4 is 5.73 Å². The minimum absolute atomic E-state index is 0.0188. The highest BCUT2D eigenvalue weighted by atomic mass is 35.5. The number of rotatable bonds is 1. The van der Waals surface area contributed by atoms with Gasteiger partial charge in [0, 0.05) is 11.3 Å². The van der Waals surface area contributed by atoms with Gasteiger partial charge in [0.05, 0.1) is 10.6 Å². The summed E-state index contributed by atoms with van der Waals surface area (Å²) >= 11 is 5.64. The molecule has 0 atom stereocenters. The lowest BCUT2D eigenvalue weighted by atomic mass is 9.97. The molecule has 0 bridgehead atoms. The molecule has 2 N–H and O–H groups in total. The SMILES string of the molecule is Cc1c(N)cc(-c2cccc(Cl)c2F)cc1C(F)(F)F. The van der Waals surface area contributed by atoms with Gasteiger partial charge in [-0.2, -0.15) is 13.2 Å². The molecule has 0 aliphatic carbocycles. The molecule has 0 saturated carbocycles. The van der Waals surface area contributed by atoms with Gasteiger partial charge in [-0.15, -0.1) is 0 Å². The Labute approximate surface area is 118 Å². The molecule has 106 valence electrons. The van der Waals surface area contributed by atoms with Crippen molar-refractivity contribution in [3.05, 3.63) is 52.3 Å². The summed E-state index contributed by atoms with van der Waals surface area (Å²) in [6, 6.07) is 6.32. The van der Waals surface area contributed by atoms with E-state index in [2.05, 4.69) is 0 Å². The minimum atomic E-state index is -4.55. The minimum Gasteiger partial charge on any atom is -0.398 e. The van der Waals surface area contributed by atoms with Crippen molar-refractivity contribution in [2.75, 3.05) is 5.73 Å². The molecule has 0 aliphatic rings. The summed E-state index contributed by atoms with van der Waals surface area (Å²) in [5, 5.41) is -0.157. The van der Waals surface area contributed by atoms with Gasteiger partial charge >= 0.3 is 6.18 Å². The van der Waals surface area contributed by atoms with Crippen LogP contribution in [0.3, 0.4) is 0 Å². The van der Waals surface area contributed by atoms with E-state index in [4.69, 9.17) is 17.3 Å². The molecule has 1 nitrogen and oxygen atoms in total. The maximum Gasteiger partial charge on any atom is 0.416 e. The molecule has 0 heterocycles. The van der Waals surface area contributed by atoms with Gasteiger partial charge in [0.1, 0.15) is 5.82 Å². The van der Waals surface area contributed by atoms with Crippen LogP contribution in [-0.2, 0) is 6.18 Å². The molecule has 0 saturated heterocycles. The lowest BCUT2D eigenvalue weighted by Crippen LogP contribution is -2.09. The van der Waals surface area contributed by atoms with Crippen LogP contribution in [0.1, 0.15) is 11.1 Å². The molecule has 2 aromatic carbocycles. The summed E-state index contributed by atoms with van der Waals surface area (Å²) in [7, 11) is 0. The first kappa shape index (κ1) is 14.7. The quantitative estimate of drug-likeness (QED) is 0.578. The van der Waals surface area contributed by atoms with Gasteiger partial charge in [-0.1, -0.05) is 23.7 Å². The van der Waals surface area contributed by atoms with E-state index >= 15 is 0 Å². The van der Waals surface area contributed by atoms with Crippen LogP contribution in [0.4, 0.5) is 23.2 Å². The Bertz CT molecular complexity index is 665. The van der Waals surface area contributed by atoms with E-state index in [1.165, 1.54) is 31.2 Å². The Kier molecular flexibility index (Phi) is 3.65. The highest BCUT2D eigenvalue weighted by Crippen LogP contribution is 2.38. The molecule has 0 aromatic heterocycles. The first-order valence-corrected chi connectivity index (χ1v) is 6.01. The lowest BCUT2D eigenvalue weighted by Gasteiger charge is -2.15. The smallest absolute Gasteiger partial charge is 0.398 e. The Morgan fingerprint density at radius 3 is 2.40 bits per heavy atom. The van der Waals surface area contributed by atoms with E-state index < -0.39 is 17.6 Å². The summed E-state index contributed by atoms with van der Waals surface area (Å²) in [5.41, 5.74) is 4.60. The number of benzene rings is 2. The number of nitrogens with two attached hydrogens (primary N) is 1. The van der Waals surface area contributed by atoms with Crippen molar-refractivity contribution < 1.29 is 17.6 Å². The Morgan fingerprint density at radius 2 is 1.80 bits per heavy atom. The second kappa shape index (κ2) is 4.98. The summed E-state index contributed by atoms with van der Waals surface area (Å²) in [4.78, 5) is 0. The fourth-order valence-electron chi connectivity index (χ4n) is 1.91. The summed E-state index contributed by atoms with van der Waals surface area (Å²) in [5.74, 6) is -0.773. The molecule has 2 rings (SSSR count). The second-order valence-electron chi connectivity index (χ2n) is 4.34. The number of alkyl halides is 3. The van der Waals surface area contributed by atoms with Crippen LogP contribution in [-0.4, -0.2) is 0 Å². The van der Waals surface area contributed by atoms with E-state index in [0.29, 0.717) is 0 Å². The zero-order valence-corrected chi connectivity index (χ0v) is 11.1. The predicted octanol–water partition coefficient (Wildman–Crippen LogP) is 5.06. The van der Waals surface area contributed by atoms with Crippen molar-refractivity contribution in [3.8, 4) is 11.1 Å². The molecule has 0 amide bonds. The summed E-state index contributed by atoms with van der Waals surface area (Å²) < 4.78 is 52.7. The Hall–Kier alpha value is -1.75. The first-order chi connectivity index (χ1) is 9.21. The Balaban J connectivity index is 2.71. The zero-order valence-electron chi connectivity index (χ0n) is 10.4. The number of nitrogen functional groups attached to an aromatic ring is 1. The molecule has 0 aliphatic heterocycles. The largest absolute Gasteiger partial charge is 0.416 e. The second-order valence-corrected chi connectivity index (χ2v) is 4.74. The van der Waals surface area contributed by atoms with E-state index in [-0.39, 0.29) is 27.4 Å². The highest BCUT2D eigenvalue weighted by molar-refractivity contribution is 6.31. The maximum absolute atomic E-state index is 13.9. The predicted molar refractivity (Wildman–Crippen MR) is 71.0 cm³/mol. The third-order valence-electron chi connectivity index (χ3n) is 3.02. The van der Waals surface area contributed by atoms with E-state index in [1.54, 1.807) is 0 Å². The maximum atomic E-state index is 13.9. The molecule has 20 heavy (non-hydrogen) atoms. The number of hydrogen-bond acceptors (Lipinski definition) is 1. The van der Waals surface area contributed by atoms with Crippen molar-refractivity contribution >= 4 is 17.3 Å². The van der Waals surface area contributed by atoms with Crippen LogP contribution in [0.2, 0.25) is 5.02 Å². The van der Waals surface area contributed by atoms with Crippen LogP contribution in [0, 0.1) is 12.7 Å². The van der Waals surface area contributed by atoms with Crippen LogP contribution in [0.15, 0.2) is 30.3 Å². The molecule has 0 unspecified atom stereocenters. The van der Waals surface area contributed by atoms with Gasteiger partial charge in [-0.3, -0.25) is 0 Å². The van der Waals surface area contributed by atoms with Crippen LogP contribution in [0.25, 0.3) is 11.1 Å². The van der Waals surface area contributed by atoms with Gasteiger partial charge in [0.2, 0.25) is 0 Å². The fraction of sp³-hybridized carbons (Fsp3) is 0.143. The summed E-state index contributed by atoms with van der Waals surface area (Å²) in [6.07, 6.45) is -4.55. The van der Waals surface area contributed by atoms with Gasteiger partial charge in [0.15, 0.2) is 0 Å². The van der Waals surface area contributed by atoms with Gasteiger partial charge in [-0.05, 0) is 36.2 Å². The van der Waals surface area contributed by atoms with E-state index in [0.717, 1.165) is 6.07 Å². The lowest BCUT2D eigenvalue weighted by molar-refractivity contribution is -0.138. The van der Waals surface area contributed by atoms with Crippen molar-refractivity contribution in [2.45, 2.75) is 13.1 Å². The van der Waals surface area contributed by atoms with Crippen molar-refractivity contribution in [3.63, 3.8) is 0 Å². The first-order valence-electron chi connectivity index (χ1n) is 5.63. The van der Waals surface area contributed by atoms with Crippen LogP contribution >= 0.6 is 11.6 Å². The standard InChI is InChI=1S/C14H10ClF4N/c1-7-10(14(17,18)19)5-8(6-12(7)20)9-3-2-4-11(15)13(9)16/h2-6H,20H2,1H3. The fourth-order valence-corrected chi connectivity index (χ4v) is 2.09. The molecule has 0 fully saturated rings. The average molecular weight is 304 g/mol. The molecular formula is C14H10ClF4N. The number of hydrogen-bond donors (Lipinski definition) is 1. The van der Waals surface area contributed by atoms with Crippen molar-refractivity contribution in [1.29, 1.82) is 0 Å². The molecular weight excluding hydrogens is 294 g/mol. The third kappa shape index (κ3) is 2.58. The van der Waals surface area contributed by atoms with Gasteiger partial charge in [0.25, 0.3) is 0 Å². The monoisotopic (exact) mass is 303 g/mol. The third-order valence-corrected chi connectivity index (χ3v) is 3.31. The normalized spacial score (nSPS) is 11.7. The van der Waals surface area contributed by atoms with Gasteiger partial charge < -0.3 is 5.73 Å². The van der Waals surface area contributed by atoms with Crippen LogP contribution in [0.5, 0.6) is 0 Å². The Morgan fingerprint density at radius 1 is 1.15 bits per heavy atom. The van der Waals surface area contributed by atoms with E-state index in [1.807, 2.05) is 0 Å². The number of anilines is 1. The van der Waals surface area contributed by atoms with E-state index in [9.17, 15) is 17.6 Å². The van der Waals surface area contributed by atoms with Crippen molar-refractivity contribution in [1.82, 2.24) is 0 Å². The average Bonchev–Trinajstić information content (AvgIpc) is 2.34. The molecule has 0 radical (unpaired) electrons. The molecule has 0 spiro atoms. The number of halogens is 5. The van der Waals surface area contributed by atoms with Crippen molar-refractivity contribution in [2.24, 2.45) is 0 Å². The molecule has 6 heteroatoms. The molecule has 2 aromatic rings. The zero-order chi connectivity index (χ0) is 15.1.